The Morgan fingerprint density at radius 3 is 2.43 bits per heavy atom. The first-order chi connectivity index (χ1) is 14.3. The van der Waals surface area contributed by atoms with Gasteiger partial charge in [0.15, 0.2) is 0 Å². The van der Waals surface area contributed by atoms with E-state index < -0.39 is 21.5 Å². The van der Waals surface area contributed by atoms with Gasteiger partial charge in [-0.2, -0.15) is 4.99 Å². The first kappa shape index (κ1) is 20.1. The molecule has 2 aromatic rings. The van der Waals surface area contributed by atoms with Crippen LogP contribution in [0, 0.1) is 5.82 Å². The van der Waals surface area contributed by atoms with Crippen LogP contribution in [0.3, 0.4) is 0 Å². The average molecular weight is 431 g/mol. The predicted octanol–water partition coefficient (Wildman–Crippen LogP) is 2.74. The van der Waals surface area contributed by atoms with Gasteiger partial charge in [0.25, 0.3) is 10.0 Å². The van der Waals surface area contributed by atoms with Crippen molar-refractivity contribution in [1.82, 2.24) is 0 Å². The fourth-order valence-corrected chi connectivity index (χ4v) is 5.08. The zero-order valence-electron chi connectivity index (χ0n) is 16.3. The van der Waals surface area contributed by atoms with Gasteiger partial charge in [-0.25, -0.2) is 17.8 Å². The van der Waals surface area contributed by atoms with Crippen molar-refractivity contribution in [3.63, 3.8) is 0 Å². The lowest BCUT2D eigenvalue weighted by Crippen LogP contribution is -2.58. The van der Waals surface area contributed by atoms with Crippen molar-refractivity contribution in [2.45, 2.75) is 42.7 Å². The van der Waals surface area contributed by atoms with E-state index >= 15 is 0 Å². The van der Waals surface area contributed by atoms with E-state index in [0.717, 1.165) is 44.2 Å². The molecule has 4 rings (SSSR count). The lowest BCUT2D eigenvalue weighted by atomic mass is 9.87. The van der Waals surface area contributed by atoms with Crippen molar-refractivity contribution in [1.29, 1.82) is 0 Å². The van der Waals surface area contributed by atoms with Crippen LogP contribution in [0.4, 0.5) is 15.8 Å². The molecule has 1 spiro atoms. The van der Waals surface area contributed by atoms with Crippen LogP contribution in [0.15, 0.2) is 63.4 Å². The molecule has 8 nitrogen and oxygen atoms in total. The van der Waals surface area contributed by atoms with E-state index in [9.17, 15) is 12.8 Å². The quantitative estimate of drug-likeness (QED) is 0.687. The third-order valence-electron chi connectivity index (χ3n) is 5.33. The number of sulfonamides is 1. The minimum Gasteiger partial charge on any atom is -0.369 e. The Hall–Kier alpha value is -3.14. The number of nitrogens with one attached hydrogen (secondary N) is 1. The normalized spacial score (nSPS) is 18.6. The zero-order valence-corrected chi connectivity index (χ0v) is 17.1. The number of guanidine groups is 2. The number of rotatable bonds is 4. The van der Waals surface area contributed by atoms with Gasteiger partial charge < -0.3 is 11.5 Å². The number of halogens is 1. The third-order valence-corrected chi connectivity index (χ3v) is 6.73. The summed E-state index contributed by atoms with van der Waals surface area (Å²) in [6.07, 6.45) is 4.62. The number of hydrogen-bond donors (Lipinski definition) is 3. The van der Waals surface area contributed by atoms with E-state index in [4.69, 9.17) is 11.5 Å². The lowest BCUT2D eigenvalue weighted by molar-refractivity contribution is 0.305. The van der Waals surface area contributed by atoms with E-state index in [1.165, 1.54) is 12.1 Å². The van der Waals surface area contributed by atoms with E-state index in [2.05, 4.69) is 14.7 Å². The maximum atomic E-state index is 13.1. The van der Waals surface area contributed by atoms with Crippen LogP contribution in [0.2, 0.25) is 0 Å². The van der Waals surface area contributed by atoms with Gasteiger partial charge in [0.1, 0.15) is 11.5 Å². The van der Waals surface area contributed by atoms with Gasteiger partial charge in [-0.15, -0.1) is 0 Å². The minimum absolute atomic E-state index is 0.0329. The van der Waals surface area contributed by atoms with Gasteiger partial charge in [-0.1, -0.05) is 12.5 Å². The maximum absolute atomic E-state index is 13.1. The smallest absolute Gasteiger partial charge is 0.261 e. The van der Waals surface area contributed by atoms with Crippen LogP contribution in [0.25, 0.3) is 0 Å². The second kappa shape index (κ2) is 7.60. The summed E-state index contributed by atoms with van der Waals surface area (Å²) in [5.41, 5.74) is 12.5. The van der Waals surface area contributed by atoms with E-state index in [1.807, 2.05) is 11.0 Å². The fourth-order valence-electron chi connectivity index (χ4n) is 4.03. The molecule has 1 aliphatic carbocycles. The molecule has 30 heavy (non-hydrogen) atoms. The standard InChI is InChI=1S/C20H23FN6O2S/c21-14-7-9-17(10-8-14)30(28,29)26-15-5-4-6-16(13-15)27-19(23)24-18(22)25-20(27)11-2-1-3-12-20/h4-10,13,26H,1-3,11-12H2,(H4,22,23,24,25). The van der Waals surface area contributed by atoms with Crippen LogP contribution in [0.1, 0.15) is 32.1 Å². The summed E-state index contributed by atoms with van der Waals surface area (Å²) in [4.78, 5) is 10.5. The molecule has 1 fully saturated rings. The summed E-state index contributed by atoms with van der Waals surface area (Å²) in [7, 11) is -3.88. The molecule has 0 amide bonds. The molecule has 5 N–H and O–H groups in total. The molecular formula is C20H23FN6O2S. The molecule has 1 aliphatic heterocycles. The Morgan fingerprint density at radius 2 is 1.73 bits per heavy atom. The van der Waals surface area contributed by atoms with Crippen molar-refractivity contribution in [3.8, 4) is 0 Å². The highest BCUT2D eigenvalue weighted by molar-refractivity contribution is 7.92. The van der Waals surface area contributed by atoms with Crippen LogP contribution in [-0.4, -0.2) is 26.0 Å². The van der Waals surface area contributed by atoms with E-state index in [-0.39, 0.29) is 16.8 Å². The van der Waals surface area contributed by atoms with Crippen molar-refractivity contribution >= 4 is 33.3 Å². The van der Waals surface area contributed by atoms with Gasteiger partial charge in [0.05, 0.1) is 10.6 Å². The molecule has 0 aromatic heterocycles. The molecule has 0 saturated heterocycles. The highest BCUT2D eigenvalue weighted by Crippen LogP contribution is 2.40. The Kier molecular flexibility index (Phi) is 5.10. The maximum Gasteiger partial charge on any atom is 0.261 e. The predicted molar refractivity (Wildman–Crippen MR) is 115 cm³/mol. The van der Waals surface area contributed by atoms with Crippen LogP contribution in [-0.2, 0) is 10.0 Å². The second-order valence-corrected chi connectivity index (χ2v) is 9.11. The largest absolute Gasteiger partial charge is 0.369 e. The minimum atomic E-state index is -3.88. The SMILES string of the molecule is NC1=NC2(CCCCC2)N(c2cccc(NS(=O)(=O)c3ccc(F)cc3)c2)C(N)=N1. The molecule has 1 saturated carbocycles. The summed E-state index contributed by atoms with van der Waals surface area (Å²) >= 11 is 0. The number of aliphatic imine (C=N–C) groups is 2. The molecule has 0 atom stereocenters. The van der Waals surface area contributed by atoms with Crippen molar-refractivity contribution in [2.75, 3.05) is 9.62 Å². The first-order valence-electron chi connectivity index (χ1n) is 9.67. The number of nitrogens with two attached hydrogens (primary N) is 2. The molecular weight excluding hydrogens is 407 g/mol. The molecule has 0 radical (unpaired) electrons. The molecule has 0 bridgehead atoms. The molecule has 158 valence electrons. The van der Waals surface area contributed by atoms with Gasteiger partial charge in [0.2, 0.25) is 11.9 Å². The molecule has 2 aliphatic rings. The van der Waals surface area contributed by atoms with E-state index in [0.29, 0.717) is 11.4 Å². The van der Waals surface area contributed by atoms with Crippen molar-refractivity contribution in [3.05, 3.63) is 54.3 Å². The van der Waals surface area contributed by atoms with Gasteiger partial charge in [0, 0.05) is 5.69 Å². The van der Waals surface area contributed by atoms with Crippen LogP contribution < -0.4 is 21.1 Å². The summed E-state index contributed by atoms with van der Waals surface area (Å²) in [6, 6.07) is 11.5. The van der Waals surface area contributed by atoms with Crippen LogP contribution >= 0.6 is 0 Å². The molecule has 0 unspecified atom stereocenters. The monoisotopic (exact) mass is 430 g/mol. The highest BCUT2D eigenvalue weighted by atomic mass is 32.2. The summed E-state index contributed by atoms with van der Waals surface area (Å²) in [6.45, 7) is 0. The van der Waals surface area contributed by atoms with Gasteiger partial charge >= 0.3 is 0 Å². The lowest BCUT2D eigenvalue weighted by Gasteiger charge is -2.45. The summed E-state index contributed by atoms with van der Waals surface area (Å²) in [5, 5.41) is 0. The van der Waals surface area contributed by atoms with E-state index in [1.54, 1.807) is 18.2 Å². The molecule has 10 heteroatoms. The average Bonchev–Trinajstić information content (AvgIpc) is 2.68. The Labute approximate surface area is 174 Å². The second-order valence-electron chi connectivity index (χ2n) is 7.43. The first-order valence-corrected chi connectivity index (χ1v) is 11.2. The Balaban J connectivity index is 1.67. The highest BCUT2D eigenvalue weighted by Gasteiger charge is 2.42. The van der Waals surface area contributed by atoms with Crippen molar-refractivity contribution < 1.29 is 12.8 Å². The number of hydrogen-bond acceptors (Lipinski definition) is 7. The van der Waals surface area contributed by atoms with Crippen LogP contribution in [0.5, 0.6) is 0 Å². The Bertz CT molecular complexity index is 1110. The molecule has 2 aromatic carbocycles. The zero-order chi connectivity index (χ0) is 21.4. The third kappa shape index (κ3) is 3.82. The summed E-state index contributed by atoms with van der Waals surface area (Å²) in [5.74, 6) is -0.129. The van der Waals surface area contributed by atoms with Gasteiger partial charge in [-0.3, -0.25) is 9.62 Å². The van der Waals surface area contributed by atoms with Gasteiger partial charge in [-0.05, 0) is 68.1 Å². The number of benzene rings is 2. The topological polar surface area (TPSA) is 126 Å². The van der Waals surface area contributed by atoms with Crippen molar-refractivity contribution in [2.24, 2.45) is 21.5 Å². The number of anilines is 2. The fraction of sp³-hybridized carbons (Fsp3) is 0.300. The Morgan fingerprint density at radius 1 is 1.03 bits per heavy atom. The molecule has 1 heterocycles. The summed E-state index contributed by atoms with van der Waals surface area (Å²) < 4.78 is 41.0. The number of nitrogens with zero attached hydrogens (tertiary/aromatic N) is 3.